The second kappa shape index (κ2) is 8.96. The summed E-state index contributed by atoms with van der Waals surface area (Å²) in [5.41, 5.74) is 2.69. The number of pyridine rings is 2. The molecule has 4 heterocycles. The van der Waals surface area contributed by atoms with Crippen LogP contribution < -0.4 is 15.5 Å². The molecule has 1 amide bonds. The second-order valence-electron chi connectivity index (χ2n) is 8.72. The van der Waals surface area contributed by atoms with E-state index < -0.39 is 11.9 Å². The first-order valence-electron chi connectivity index (χ1n) is 10.9. The summed E-state index contributed by atoms with van der Waals surface area (Å²) in [6.07, 6.45) is 0.0944. The van der Waals surface area contributed by atoms with Gasteiger partial charge in [0.15, 0.2) is 0 Å². The first-order valence-corrected chi connectivity index (χ1v) is 10.9. The summed E-state index contributed by atoms with van der Waals surface area (Å²) in [6, 6.07) is 4.19. The van der Waals surface area contributed by atoms with E-state index >= 15 is 0 Å². The Labute approximate surface area is 195 Å². The van der Waals surface area contributed by atoms with E-state index in [-0.39, 0.29) is 24.4 Å². The van der Waals surface area contributed by atoms with Crippen LogP contribution in [-0.2, 0) is 24.1 Å². The van der Waals surface area contributed by atoms with E-state index in [9.17, 15) is 18.0 Å². The number of halogens is 3. The molecule has 3 aromatic rings. The Bertz CT molecular complexity index is 1210. The van der Waals surface area contributed by atoms with Crippen molar-refractivity contribution < 1.29 is 18.0 Å². The van der Waals surface area contributed by atoms with Crippen molar-refractivity contribution >= 4 is 23.1 Å². The highest BCUT2D eigenvalue weighted by Crippen LogP contribution is 2.36. The first-order chi connectivity index (χ1) is 16.0. The lowest BCUT2D eigenvalue weighted by Gasteiger charge is -2.38. The molecule has 1 atom stereocenters. The molecule has 11 heteroatoms. The lowest BCUT2D eigenvalue weighted by molar-refractivity contribution is -0.141. The van der Waals surface area contributed by atoms with Crippen LogP contribution in [0.3, 0.4) is 0 Å². The number of carbonyl (C=O) groups is 1. The molecule has 0 aromatic carbocycles. The molecule has 34 heavy (non-hydrogen) atoms. The summed E-state index contributed by atoms with van der Waals surface area (Å²) in [6.45, 7) is 6.48. The van der Waals surface area contributed by atoms with Gasteiger partial charge in [0.25, 0.3) is 0 Å². The molecule has 3 aromatic heterocycles. The van der Waals surface area contributed by atoms with Gasteiger partial charge in [0.1, 0.15) is 17.6 Å². The number of rotatable bonds is 6. The average molecular weight is 474 g/mol. The molecule has 0 saturated carbocycles. The third-order valence-corrected chi connectivity index (χ3v) is 5.74. The van der Waals surface area contributed by atoms with Gasteiger partial charge in [0.2, 0.25) is 5.91 Å². The van der Waals surface area contributed by atoms with Crippen LogP contribution in [0.2, 0.25) is 0 Å². The predicted octanol–water partition coefficient (Wildman–Crippen LogP) is 4.07. The SMILES string of the molecule is Cc1nc(NCc2cnn(Cc3ccnc(C(F)(F)F)c3)c2)cc2c1NC(=O)[C@H](C(C)C)N2C. The summed E-state index contributed by atoms with van der Waals surface area (Å²) in [4.78, 5) is 22.4. The second-order valence-corrected chi connectivity index (χ2v) is 8.72. The van der Waals surface area contributed by atoms with Gasteiger partial charge in [-0.1, -0.05) is 13.8 Å². The highest BCUT2D eigenvalue weighted by molar-refractivity contribution is 6.04. The van der Waals surface area contributed by atoms with Crippen LogP contribution in [0, 0.1) is 12.8 Å². The van der Waals surface area contributed by atoms with Crippen molar-refractivity contribution in [3.63, 3.8) is 0 Å². The smallest absolute Gasteiger partial charge is 0.366 e. The number of nitrogens with one attached hydrogen (secondary N) is 2. The minimum Gasteiger partial charge on any atom is -0.366 e. The molecule has 8 nitrogen and oxygen atoms in total. The molecule has 1 aliphatic heterocycles. The number of likely N-dealkylation sites (N-methyl/N-ethyl adjacent to an activating group) is 1. The summed E-state index contributed by atoms with van der Waals surface area (Å²) >= 11 is 0. The number of anilines is 3. The number of aryl methyl sites for hydroxylation is 1. The third-order valence-electron chi connectivity index (χ3n) is 5.74. The van der Waals surface area contributed by atoms with Crippen molar-refractivity contribution in [1.29, 1.82) is 0 Å². The fraction of sp³-hybridized carbons (Fsp3) is 0.391. The van der Waals surface area contributed by atoms with Crippen molar-refractivity contribution in [3.8, 4) is 0 Å². The van der Waals surface area contributed by atoms with Gasteiger partial charge in [-0.25, -0.2) is 4.98 Å². The third kappa shape index (κ3) is 4.82. The average Bonchev–Trinajstić information content (AvgIpc) is 3.20. The lowest BCUT2D eigenvalue weighted by Crippen LogP contribution is -2.49. The maximum absolute atomic E-state index is 12.9. The van der Waals surface area contributed by atoms with Gasteiger partial charge in [0, 0.05) is 37.6 Å². The molecule has 0 unspecified atom stereocenters. The van der Waals surface area contributed by atoms with Gasteiger partial charge < -0.3 is 15.5 Å². The normalized spacial score (nSPS) is 15.9. The molecule has 4 rings (SSSR count). The highest BCUT2D eigenvalue weighted by Gasteiger charge is 2.34. The maximum Gasteiger partial charge on any atom is 0.433 e. The molecule has 180 valence electrons. The summed E-state index contributed by atoms with van der Waals surface area (Å²) in [5.74, 6) is 0.750. The van der Waals surface area contributed by atoms with Gasteiger partial charge in [-0.2, -0.15) is 18.3 Å². The van der Waals surface area contributed by atoms with Gasteiger partial charge in [-0.05, 0) is 30.5 Å². The van der Waals surface area contributed by atoms with E-state index in [1.54, 1.807) is 17.1 Å². The topological polar surface area (TPSA) is 88.0 Å². The molecule has 2 N–H and O–H groups in total. The molecule has 0 spiro atoms. The van der Waals surface area contributed by atoms with Crippen LogP contribution in [0.4, 0.5) is 30.4 Å². The minimum atomic E-state index is -4.48. The van der Waals surface area contributed by atoms with Crippen LogP contribution in [0.15, 0.2) is 36.8 Å². The molecule has 0 saturated heterocycles. The number of carbonyl (C=O) groups excluding carboxylic acids is 1. The number of alkyl halides is 3. The van der Waals surface area contributed by atoms with Gasteiger partial charge in [0.05, 0.1) is 29.8 Å². The molecule has 0 bridgehead atoms. The Balaban J connectivity index is 1.45. The van der Waals surface area contributed by atoms with Crippen LogP contribution in [0.5, 0.6) is 0 Å². The zero-order chi connectivity index (χ0) is 24.6. The number of fused-ring (bicyclic) bond motifs is 1. The van der Waals surface area contributed by atoms with E-state index in [1.165, 1.54) is 6.07 Å². The van der Waals surface area contributed by atoms with Gasteiger partial charge in [-0.3, -0.25) is 14.5 Å². The standard InChI is InChI=1S/C23H26F3N7O/c1-13(2)21-22(34)31-20-14(3)30-19(8-17(20)32(21)4)28-9-16-10-29-33(12-16)11-15-5-6-27-18(7-15)23(24,25)26/h5-8,10,12-13,21H,9,11H2,1-4H3,(H,28,30)(H,31,34)/t21-/m0/s1. The van der Waals surface area contributed by atoms with E-state index in [2.05, 4.69) is 25.7 Å². The molecule has 0 aliphatic carbocycles. The van der Waals surface area contributed by atoms with E-state index in [0.29, 0.717) is 29.3 Å². The van der Waals surface area contributed by atoms with Crippen molar-refractivity contribution in [2.75, 3.05) is 22.6 Å². The largest absolute Gasteiger partial charge is 0.433 e. The number of nitrogens with zero attached hydrogens (tertiary/aromatic N) is 5. The summed E-state index contributed by atoms with van der Waals surface area (Å²) < 4.78 is 40.2. The zero-order valence-electron chi connectivity index (χ0n) is 19.3. The quantitative estimate of drug-likeness (QED) is 0.561. The van der Waals surface area contributed by atoms with Crippen LogP contribution >= 0.6 is 0 Å². The van der Waals surface area contributed by atoms with Crippen molar-refractivity contribution in [3.05, 3.63) is 59.3 Å². The number of aromatic nitrogens is 4. The van der Waals surface area contributed by atoms with Crippen LogP contribution in [0.1, 0.15) is 36.4 Å². The van der Waals surface area contributed by atoms with Gasteiger partial charge in [-0.15, -0.1) is 0 Å². The van der Waals surface area contributed by atoms with Gasteiger partial charge >= 0.3 is 6.18 Å². The Hall–Kier alpha value is -3.63. The van der Waals surface area contributed by atoms with Crippen molar-refractivity contribution in [2.24, 2.45) is 5.92 Å². The predicted molar refractivity (Wildman–Crippen MR) is 123 cm³/mol. The van der Waals surface area contributed by atoms with E-state index in [4.69, 9.17) is 0 Å². The van der Waals surface area contributed by atoms with Crippen molar-refractivity contribution in [1.82, 2.24) is 19.7 Å². The van der Waals surface area contributed by atoms with E-state index in [1.807, 2.05) is 38.8 Å². The molecule has 1 aliphatic rings. The molecule has 0 radical (unpaired) electrons. The fourth-order valence-electron chi connectivity index (χ4n) is 4.14. The Morgan fingerprint density at radius 2 is 2.00 bits per heavy atom. The lowest BCUT2D eigenvalue weighted by atomic mass is 9.98. The van der Waals surface area contributed by atoms with Crippen LogP contribution in [-0.4, -0.2) is 38.7 Å². The van der Waals surface area contributed by atoms with E-state index in [0.717, 1.165) is 23.5 Å². The first kappa shape index (κ1) is 23.5. The number of hydrogen-bond acceptors (Lipinski definition) is 6. The maximum atomic E-state index is 12.9. The zero-order valence-corrected chi connectivity index (χ0v) is 19.3. The molecular formula is C23H26F3N7O. The highest BCUT2D eigenvalue weighted by atomic mass is 19.4. The Morgan fingerprint density at radius 3 is 2.71 bits per heavy atom. The molecule has 0 fully saturated rings. The molecular weight excluding hydrogens is 447 g/mol. The Morgan fingerprint density at radius 1 is 1.24 bits per heavy atom. The summed E-state index contributed by atoms with van der Waals surface area (Å²) in [5, 5.41) is 10.5. The monoisotopic (exact) mass is 473 g/mol. The number of hydrogen-bond donors (Lipinski definition) is 2. The fourth-order valence-corrected chi connectivity index (χ4v) is 4.14. The minimum absolute atomic E-state index is 0.0421. The Kier molecular flexibility index (Phi) is 6.20. The number of amides is 1. The van der Waals surface area contributed by atoms with Crippen molar-refractivity contribution in [2.45, 2.75) is 46.1 Å². The van der Waals surface area contributed by atoms with Crippen LogP contribution in [0.25, 0.3) is 0 Å². The summed E-state index contributed by atoms with van der Waals surface area (Å²) in [7, 11) is 1.90.